The van der Waals surface area contributed by atoms with Gasteiger partial charge in [0.25, 0.3) is 0 Å². The summed E-state index contributed by atoms with van der Waals surface area (Å²) in [6.07, 6.45) is 2.16. The topological polar surface area (TPSA) is 48.0 Å². The third-order valence-electron chi connectivity index (χ3n) is 3.77. The third kappa shape index (κ3) is 3.60. The summed E-state index contributed by atoms with van der Waals surface area (Å²) in [6.45, 7) is 10.0. The van der Waals surface area contributed by atoms with Crippen molar-refractivity contribution in [3.63, 3.8) is 0 Å². The molecule has 126 valence electrons. The van der Waals surface area contributed by atoms with Gasteiger partial charge in [-0.2, -0.15) is 0 Å². The summed E-state index contributed by atoms with van der Waals surface area (Å²) in [4.78, 5) is 14.2. The molecule has 1 aliphatic heterocycles. The molecule has 0 spiro atoms. The molecule has 0 aliphatic carbocycles. The van der Waals surface area contributed by atoms with E-state index in [1.807, 2.05) is 32.9 Å². The van der Waals surface area contributed by atoms with Crippen molar-refractivity contribution in [2.45, 2.75) is 38.8 Å². The highest BCUT2D eigenvalue weighted by molar-refractivity contribution is 5.70. The highest BCUT2D eigenvalue weighted by Gasteiger charge is 2.33. The molecule has 1 aliphatic rings. The molecule has 1 aromatic carbocycles. The molecular weight excluding hydrogens is 294 g/mol. The molecule has 1 aromatic rings. The van der Waals surface area contributed by atoms with Crippen LogP contribution in [0.5, 0.6) is 11.5 Å². The number of benzene rings is 1. The lowest BCUT2D eigenvalue weighted by molar-refractivity contribution is 0.0184. The van der Waals surface area contributed by atoms with Crippen molar-refractivity contribution in [3.05, 3.63) is 35.9 Å². The van der Waals surface area contributed by atoms with E-state index in [1.54, 1.807) is 25.2 Å². The van der Waals surface area contributed by atoms with Gasteiger partial charge in [-0.15, -0.1) is 6.58 Å². The Hall–Kier alpha value is -2.17. The highest BCUT2D eigenvalue weighted by Crippen LogP contribution is 2.38. The first kappa shape index (κ1) is 17.2. The number of methoxy groups -OCH3 is 2. The van der Waals surface area contributed by atoms with Gasteiger partial charge in [0, 0.05) is 6.54 Å². The van der Waals surface area contributed by atoms with Crippen molar-refractivity contribution in [1.29, 1.82) is 0 Å². The minimum absolute atomic E-state index is 0.242. The number of amides is 1. The summed E-state index contributed by atoms with van der Waals surface area (Å²) in [5.41, 5.74) is 1.60. The number of nitrogens with zero attached hydrogens (tertiary/aromatic N) is 1. The minimum atomic E-state index is -0.527. The molecule has 0 saturated carbocycles. The van der Waals surface area contributed by atoms with E-state index < -0.39 is 5.60 Å². The lowest BCUT2D eigenvalue weighted by atomic mass is 9.92. The molecule has 5 nitrogen and oxygen atoms in total. The Morgan fingerprint density at radius 2 is 1.87 bits per heavy atom. The number of ether oxygens (including phenoxy) is 3. The molecule has 23 heavy (non-hydrogen) atoms. The summed E-state index contributed by atoms with van der Waals surface area (Å²) >= 11 is 0. The van der Waals surface area contributed by atoms with E-state index in [-0.39, 0.29) is 12.1 Å². The van der Waals surface area contributed by atoms with Gasteiger partial charge in [0.05, 0.1) is 20.3 Å². The van der Waals surface area contributed by atoms with Crippen molar-refractivity contribution >= 4 is 6.09 Å². The van der Waals surface area contributed by atoms with Crippen molar-refractivity contribution in [2.24, 2.45) is 0 Å². The van der Waals surface area contributed by atoms with Crippen LogP contribution in [0.3, 0.4) is 0 Å². The maximum Gasteiger partial charge on any atom is 0.411 e. The van der Waals surface area contributed by atoms with E-state index in [0.717, 1.165) is 17.5 Å². The lowest BCUT2D eigenvalue weighted by Gasteiger charge is -2.37. The number of hydrogen-bond donors (Lipinski definition) is 0. The monoisotopic (exact) mass is 319 g/mol. The Bertz CT molecular complexity index is 604. The van der Waals surface area contributed by atoms with Crippen LogP contribution in [0.4, 0.5) is 4.79 Å². The maximum absolute atomic E-state index is 12.5. The second-order valence-electron chi connectivity index (χ2n) is 6.51. The molecule has 0 fully saturated rings. The van der Waals surface area contributed by atoms with Crippen LogP contribution in [0.15, 0.2) is 24.8 Å². The normalized spacial score (nSPS) is 17.3. The van der Waals surface area contributed by atoms with E-state index in [0.29, 0.717) is 18.0 Å². The van der Waals surface area contributed by atoms with E-state index in [4.69, 9.17) is 14.2 Å². The average molecular weight is 319 g/mol. The maximum atomic E-state index is 12.5. The van der Waals surface area contributed by atoms with Gasteiger partial charge in [-0.05, 0) is 50.5 Å². The van der Waals surface area contributed by atoms with E-state index in [1.165, 1.54) is 0 Å². The Morgan fingerprint density at radius 1 is 1.26 bits per heavy atom. The van der Waals surface area contributed by atoms with Crippen LogP contribution in [0, 0.1) is 0 Å². The fourth-order valence-corrected chi connectivity index (χ4v) is 2.76. The molecular formula is C18H25NO4. The summed E-state index contributed by atoms with van der Waals surface area (Å²) in [5, 5.41) is 0. The van der Waals surface area contributed by atoms with Gasteiger partial charge in [-0.3, -0.25) is 4.90 Å². The first-order chi connectivity index (χ1) is 10.8. The summed E-state index contributed by atoms with van der Waals surface area (Å²) in [7, 11) is 3.21. The van der Waals surface area contributed by atoms with E-state index >= 15 is 0 Å². The van der Waals surface area contributed by atoms with Crippen LogP contribution in [-0.4, -0.2) is 37.4 Å². The number of fused-ring (bicyclic) bond motifs is 1. The van der Waals surface area contributed by atoms with Crippen LogP contribution in [0.2, 0.25) is 0 Å². The van der Waals surface area contributed by atoms with E-state index in [2.05, 4.69) is 6.58 Å². The van der Waals surface area contributed by atoms with Crippen molar-refractivity contribution in [2.75, 3.05) is 20.8 Å². The van der Waals surface area contributed by atoms with Gasteiger partial charge in [0.15, 0.2) is 11.5 Å². The molecule has 1 atom stereocenters. The predicted octanol–water partition coefficient (Wildman–Crippen LogP) is 3.72. The number of rotatable bonds is 3. The van der Waals surface area contributed by atoms with Gasteiger partial charge in [0.2, 0.25) is 0 Å². The second-order valence-corrected chi connectivity index (χ2v) is 6.51. The van der Waals surface area contributed by atoms with Crippen LogP contribution in [-0.2, 0) is 11.2 Å². The van der Waals surface area contributed by atoms with Gasteiger partial charge in [-0.25, -0.2) is 4.79 Å². The first-order valence-electron chi connectivity index (χ1n) is 7.67. The molecule has 0 saturated heterocycles. The van der Waals surface area contributed by atoms with Crippen LogP contribution in [0.25, 0.3) is 0 Å². The molecule has 0 N–H and O–H groups in total. The van der Waals surface area contributed by atoms with Crippen LogP contribution < -0.4 is 9.47 Å². The fraction of sp³-hybridized carbons (Fsp3) is 0.500. The lowest BCUT2D eigenvalue weighted by Crippen LogP contribution is -2.42. The summed E-state index contributed by atoms with van der Waals surface area (Å²) < 4.78 is 16.2. The molecule has 0 aromatic heterocycles. The predicted molar refractivity (Wildman–Crippen MR) is 89.1 cm³/mol. The zero-order chi connectivity index (χ0) is 17.2. The average Bonchev–Trinajstić information content (AvgIpc) is 2.50. The van der Waals surface area contributed by atoms with Crippen molar-refractivity contribution < 1.29 is 19.0 Å². The number of carbonyl (C=O) groups excluding carboxylic acids is 1. The SMILES string of the molecule is C=CC1c2cc(OC)c(OC)cc2CCN1C(=O)OC(C)(C)C. The van der Waals surface area contributed by atoms with E-state index in [9.17, 15) is 4.79 Å². The van der Waals surface area contributed by atoms with Gasteiger partial charge >= 0.3 is 6.09 Å². The molecule has 2 rings (SSSR count). The third-order valence-corrected chi connectivity index (χ3v) is 3.77. The largest absolute Gasteiger partial charge is 0.493 e. The quantitative estimate of drug-likeness (QED) is 0.797. The molecule has 0 radical (unpaired) electrons. The molecule has 1 amide bonds. The summed E-state index contributed by atoms with van der Waals surface area (Å²) in [5.74, 6) is 1.34. The first-order valence-corrected chi connectivity index (χ1v) is 7.67. The molecule has 1 unspecified atom stereocenters. The zero-order valence-electron chi connectivity index (χ0n) is 14.5. The van der Waals surface area contributed by atoms with Crippen molar-refractivity contribution in [1.82, 2.24) is 4.90 Å². The second kappa shape index (κ2) is 6.52. The fourth-order valence-electron chi connectivity index (χ4n) is 2.76. The Labute approximate surface area is 137 Å². The van der Waals surface area contributed by atoms with Crippen molar-refractivity contribution in [3.8, 4) is 11.5 Å². The Kier molecular flexibility index (Phi) is 4.88. The highest BCUT2D eigenvalue weighted by atomic mass is 16.6. The molecule has 5 heteroatoms. The summed E-state index contributed by atoms with van der Waals surface area (Å²) in [6, 6.07) is 3.64. The number of hydrogen-bond acceptors (Lipinski definition) is 4. The van der Waals surface area contributed by atoms with Crippen LogP contribution >= 0.6 is 0 Å². The standard InChI is InChI=1S/C18H25NO4/c1-7-14-13-11-16(22-6)15(21-5)10-12(13)8-9-19(14)17(20)23-18(2,3)4/h7,10-11,14H,1,8-9H2,2-6H3. The molecule has 1 heterocycles. The number of carbonyl (C=O) groups is 1. The Morgan fingerprint density at radius 3 is 2.39 bits per heavy atom. The van der Waals surface area contributed by atoms with Crippen LogP contribution in [0.1, 0.15) is 37.9 Å². The van der Waals surface area contributed by atoms with Gasteiger partial charge in [-0.1, -0.05) is 6.08 Å². The smallest absolute Gasteiger partial charge is 0.411 e. The zero-order valence-corrected chi connectivity index (χ0v) is 14.5. The van der Waals surface area contributed by atoms with Gasteiger partial charge in [0.1, 0.15) is 5.60 Å². The van der Waals surface area contributed by atoms with Gasteiger partial charge < -0.3 is 14.2 Å². The Balaban J connectivity index is 2.37. The minimum Gasteiger partial charge on any atom is -0.493 e. The molecule has 0 bridgehead atoms.